The molecule has 0 fully saturated rings. The van der Waals surface area contributed by atoms with Gasteiger partial charge < -0.3 is 15.5 Å². The van der Waals surface area contributed by atoms with E-state index in [4.69, 9.17) is 5.11 Å². The van der Waals surface area contributed by atoms with Gasteiger partial charge in [0.05, 0.1) is 14.4 Å². The van der Waals surface area contributed by atoms with Gasteiger partial charge >= 0.3 is 5.97 Å². The molecule has 2 aromatic rings. The lowest BCUT2D eigenvalue weighted by Gasteiger charge is -2.08. The molecule has 20 heavy (non-hydrogen) atoms. The summed E-state index contributed by atoms with van der Waals surface area (Å²) < 4.78 is 1.52. The van der Waals surface area contributed by atoms with E-state index in [-0.39, 0.29) is 11.3 Å². The van der Waals surface area contributed by atoms with Crippen LogP contribution in [-0.4, -0.2) is 22.1 Å². The van der Waals surface area contributed by atoms with Crippen molar-refractivity contribution in [3.63, 3.8) is 0 Å². The second-order valence-corrected chi connectivity index (χ2v) is 6.92. The van der Waals surface area contributed by atoms with Crippen molar-refractivity contribution in [3.05, 3.63) is 43.0 Å². The Morgan fingerprint density at radius 3 is 2.50 bits per heavy atom. The van der Waals surface area contributed by atoms with Crippen LogP contribution in [0.2, 0.25) is 0 Å². The standard InChI is InChI=1S/C12H7Br2NO4S/c13-6-4-8(20-10(6)14)11(17)15-7-3-1-2-5(9(7)16)12(18)19/h1-4,16H,(H,15,17)(H,18,19). The van der Waals surface area contributed by atoms with E-state index in [0.29, 0.717) is 4.88 Å². The quantitative estimate of drug-likeness (QED) is 0.656. The number of carbonyl (C=O) groups excluding carboxylic acids is 1. The average molecular weight is 421 g/mol. The summed E-state index contributed by atoms with van der Waals surface area (Å²) in [7, 11) is 0. The second kappa shape index (κ2) is 5.94. The number of aromatic hydroxyl groups is 1. The summed E-state index contributed by atoms with van der Waals surface area (Å²) in [6.07, 6.45) is 0. The van der Waals surface area contributed by atoms with Crippen LogP contribution in [0.3, 0.4) is 0 Å². The molecule has 1 aromatic heterocycles. The summed E-state index contributed by atoms with van der Waals surface area (Å²) in [5.41, 5.74) is -0.216. The van der Waals surface area contributed by atoms with Crippen LogP contribution in [0.15, 0.2) is 32.5 Å². The number of carboxylic acid groups (broad SMARTS) is 1. The van der Waals surface area contributed by atoms with Crippen molar-refractivity contribution in [2.75, 3.05) is 5.32 Å². The van der Waals surface area contributed by atoms with Gasteiger partial charge in [-0.2, -0.15) is 0 Å². The predicted octanol–water partition coefficient (Wildman–Crippen LogP) is 3.93. The molecule has 0 aliphatic heterocycles. The molecular formula is C12H7Br2NO4S. The third kappa shape index (κ3) is 3.02. The number of anilines is 1. The summed E-state index contributed by atoms with van der Waals surface area (Å²) >= 11 is 7.77. The number of amides is 1. The van der Waals surface area contributed by atoms with Crippen LogP contribution >= 0.6 is 43.2 Å². The Morgan fingerprint density at radius 2 is 1.95 bits per heavy atom. The molecule has 1 aromatic carbocycles. The lowest BCUT2D eigenvalue weighted by atomic mass is 10.1. The molecule has 104 valence electrons. The summed E-state index contributed by atoms with van der Waals surface area (Å²) in [5.74, 6) is -2.16. The van der Waals surface area contributed by atoms with Crippen LogP contribution in [-0.2, 0) is 0 Å². The number of hydrogen-bond acceptors (Lipinski definition) is 4. The minimum absolute atomic E-state index is 0.0514. The van der Waals surface area contributed by atoms with E-state index in [2.05, 4.69) is 37.2 Å². The van der Waals surface area contributed by atoms with Crippen molar-refractivity contribution in [2.24, 2.45) is 0 Å². The molecule has 0 aliphatic carbocycles. The fraction of sp³-hybridized carbons (Fsp3) is 0. The highest BCUT2D eigenvalue weighted by Crippen LogP contribution is 2.33. The van der Waals surface area contributed by atoms with Crippen LogP contribution in [0.5, 0.6) is 5.75 Å². The smallest absolute Gasteiger partial charge is 0.339 e. The molecule has 2 rings (SSSR count). The van der Waals surface area contributed by atoms with E-state index < -0.39 is 17.6 Å². The first-order chi connectivity index (χ1) is 9.40. The first-order valence-electron chi connectivity index (χ1n) is 5.21. The molecule has 0 spiro atoms. The Balaban J connectivity index is 2.28. The molecule has 0 atom stereocenters. The van der Waals surface area contributed by atoms with Crippen molar-refractivity contribution in [1.29, 1.82) is 0 Å². The molecule has 1 amide bonds. The molecule has 0 saturated carbocycles. The highest BCUT2D eigenvalue weighted by Gasteiger charge is 2.17. The van der Waals surface area contributed by atoms with Gasteiger partial charge in [-0.1, -0.05) is 6.07 Å². The molecule has 8 heteroatoms. The average Bonchev–Trinajstić information content (AvgIpc) is 2.72. The van der Waals surface area contributed by atoms with Gasteiger partial charge in [-0.25, -0.2) is 4.79 Å². The SMILES string of the molecule is O=C(Nc1cccc(C(=O)O)c1O)c1cc(Br)c(Br)s1. The van der Waals surface area contributed by atoms with Gasteiger partial charge in [-0.05, 0) is 50.1 Å². The largest absolute Gasteiger partial charge is 0.505 e. The monoisotopic (exact) mass is 419 g/mol. The number of aromatic carboxylic acids is 1. The Morgan fingerprint density at radius 1 is 1.25 bits per heavy atom. The molecule has 3 N–H and O–H groups in total. The normalized spacial score (nSPS) is 10.3. The first-order valence-corrected chi connectivity index (χ1v) is 7.62. The number of benzene rings is 1. The van der Waals surface area contributed by atoms with Gasteiger partial charge in [-0.15, -0.1) is 11.3 Å². The Bertz CT molecular complexity index is 679. The minimum Gasteiger partial charge on any atom is -0.505 e. The van der Waals surface area contributed by atoms with Crippen LogP contribution in [0.1, 0.15) is 20.0 Å². The van der Waals surface area contributed by atoms with Crippen molar-refractivity contribution >= 4 is 60.8 Å². The number of rotatable bonds is 3. The summed E-state index contributed by atoms with van der Waals surface area (Å²) in [5, 5.41) is 21.2. The molecule has 5 nitrogen and oxygen atoms in total. The number of carboxylic acids is 1. The number of para-hydroxylation sites is 1. The lowest BCUT2D eigenvalue weighted by molar-refractivity contribution is 0.0693. The van der Waals surface area contributed by atoms with E-state index in [1.165, 1.54) is 29.5 Å². The van der Waals surface area contributed by atoms with E-state index >= 15 is 0 Å². The van der Waals surface area contributed by atoms with Crippen molar-refractivity contribution in [1.82, 2.24) is 0 Å². The van der Waals surface area contributed by atoms with E-state index in [0.717, 1.165) is 8.26 Å². The zero-order chi connectivity index (χ0) is 14.9. The number of thiophene rings is 1. The first kappa shape index (κ1) is 15.0. The molecule has 0 bridgehead atoms. The fourth-order valence-corrected chi connectivity index (χ4v) is 3.39. The molecule has 0 saturated heterocycles. The number of hydrogen-bond donors (Lipinski definition) is 3. The van der Waals surface area contributed by atoms with Gasteiger partial charge in [0.1, 0.15) is 5.56 Å². The highest BCUT2D eigenvalue weighted by atomic mass is 79.9. The maximum Gasteiger partial charge on any atom is 0.339 e. The van der Waals surface area contributed by atoms with Crippen LogP contribution in [0.25, 0.3) is 0 Å². The van der Waals surface area contributed by atoms with Gasteiger partial charge in [0.25, 0.3) is 5.91 Å². The fourth-order valence-electron chi connectivity index (χ4n) is 1.46. The third-order valence-corrected chi connectivity index (χ3v) is 5.64. The number of carbonyl (C=O) groups is 2. The van der Waals surface area contributed by atoms with Crippen LogP contribution in [0, 0.1) is 0 Å². The Kier molecular flexibility index (Phi) is 4.46. The van der Waals surface area contributed by atoms with Gasteiger partial charge in [0.2, 0.25) is 0 Å². The van der Waals surface area contributed by atoms with Crippen molar-refractivity contribution < 1.29 is 19.8 Å². The van der Waals surface area contributed by atoms with E-state index in [9.17, 15) is 14.7 Å². The molecular weight excluding hydrogens is 414 g/mol. The summed E-state index contributed by atoms with van der Waals surface area (Å²) in [4.78, 5) is 23.3. The maximum absolute atomic E-state index is 12.0. The molecule has 0 aliphatic rings. The summed E-state index contributed by atoms with van der Waals surface area (Å²) in [6.45, 7) is 0. The Hall–Kier alpha value is -1.38. The van der Waals surface area contributed by atoms with Gasteiger partial charge in [0.15, 0.2) is 5.75 Å². The number of nitrogens with one attached hydrogen (secondary N) is 1. The van der Waals surface area contributed by atoms with E-state index in [1.54, 1.807) is 6.07 Å². The second-order valence-electron chi connectivity index (χ2n) is 3.69. The topological polar surface area (TPSA) is 86.6 Å². The molecule has 1 heterocycles. The molecule has 0 unspecified atom stereocenters. The van der Waals surface area contributed by atoms with Crippen molar-refractivity contribution in [2.45, 2.75) is 0 Å². The number of halogens is 2. The molecule has 0 radical (unpaired) electrons. The maximum atomic E-state index is 12.0. The van der Waals surface area contributed by atoms with Gasteiger partial charge in [0, 0.05) is 4.47 Å². The Labute approximate surface area is 134 Å². The minimum atomic E-state index is -1.26. The zero-order valence-electron chi connectivity index (χ0n) is 9.68. The zero-order valence-corrected chi connectivity index (χ0v) is 13.7. The van der Waals surface area contributed by atoms with Crippen LogP contribution in [0.4, 0.5) is 5.69 Å². The number of phenols is 1. The van der Waals surface area contributed by atoms with Crippen LogP contribution < -0.4 is 5.32 Å². The van der Waals surface area contributed by atoms with Gasteiger partial charge in [-0.3, -0.25) is 4.79 Å². The van der Waals surface area contributed by atoms with E-state index in [1.807, 2.05) is 0 Å². The van der Waals surface area contributed by atoms with Crippen molar-refractivity contribution in [3.8, 4) is 5.75 Å². The third-order valence-electron chi connectivity index (χ3n) is 2.38. The predicted molar refractivity (Wildman–Crippen MR) is 82.7 cm³/mol. The lowest BCUT2D eigenvalue weighted by Crippen LogP contribution is -2.11. The highest BCUT2D eigenvalue weighted by molar-refractivity contribution is 9.13. The summed E-state index contributed by atoms with van der Waals surface area (Å²) in [6, 6.07) is 5.75.